The number of ether oxygens (including phenoxy) is 1. The number of hydrogen-bond donors (Lipinski definition) is 1. The van der Waals surface area contributed by atoms with Crippen LogP contribution in [0, 0.1) is 6.92 Å². The Morgan fingerprint density at radius 2 is 2.29 bits per heavy atom. The molecule has 3 nitrogen and oxygen atoms in total. The van der Waals surface area contributed by atoms with Crippen LogP contribution in [0.25, 0.3) is 0 Å². The van der Waals surface area contributed by atoms with E-state index in [-0.39, 0.29) is 12.0 Å². The Bertz CT molecular complexity index is 349. The van der Waals surface area contributed by atoms with Crippen LogP contribution in [-0.2, 0) is 9.53 Å². The smallest absolute Gasteiger partial charge is 0.305 e. The standard InChI is InChI=1S/C13H21NO2S/c1-3-16-12(15)7-5-4-6-11(14)13-10(2)8-9-17-13/h8-9,11H,3-7,14H2,1-2H3. The van der Waals surface area contributed by atoms with Crippen molar-refractivity contribution in [3.63, 3.8) is 0 Å². The highest BCUT2D eigenvalue weighted by molar-refractivity contribution is 7.10. The Balaban J connectivity index is 2.19. The van der Waals surface area contributed by atoms with Crippen molar-refractivity contribution in [3.05, 3.63) is 21.9 Å². The van der Waals surface area contributed by atoms with Gasteiger partial charge in [-0.05, 0) is 43.7 Å². The normalized spacial score (nSPS) is 12.4. The van der Waals surface area contributed by atoms with Gasteiger partial charge in [0.05, 0.1) is 6.61 Å². The third-order valence-corrected chi connectivity index (χ3v) is 3.84. The van der Waals surface area contributed by atoms with Gasteiger partial charge in [0.2, 0.25) is 0 Å². The highest BCUT2D eigenvalue weighted by Crippen LogP contribution is 2.25. The molecule has 0 aliphatic heterocycles. The summed E-state index contributed by atoms with van der Waals surface area (Å²) in [6, 6.07) is 2.20. The number of unbranched alkanes of at least 4 members (excludes halogenated alkanes) is 1. The molecule has 0 saturated carbocycles. The quantitative estimate of drug-likeness (QED) is 0.601. The average molecular weight is 255 g/mol. The van der Waals surface area contributed by atoms with E-state index < -0.39 is 0 Å². The Labute approximate surface area is 107 Å². The summed E-state index contributed by atoms with van der Waals surface area (Å²) in [5, 5.41) is 2.07. The van der Waals surface area contributed by atoms with Gasteiger partial charge in [-0.25, -0.2) is 0 Å². The van der Waals surface area contributed by atoms with Crippen LogP contribution in [0.4, 0.5) is 0 Å². The summed E-state index contributed by atoms with van der Waals surface area (Å²) in [6.07, 6.45) is 3.26. The predicted molar refractivity (Wildman–Crippen MR) is 71.1 cm³/mol. The molecule has 96 valence electrons. The molecule has 2 N–H and O–H groups in total. The SMILES string of the molecule is CCOC(=O)CCCCC(N)c1sccc1C. The summed E-state index contributed by atoms with van der Waals surface area (Å²) in [4.78, 5) is 12.4. The summed E-state index contributed by atoms with van der Waals surface area (Å²) in [5.41, 5.74) is 7.38. The van der Waals surface area contributed by atoms with Gasteiger partial charge >= 0.3 is 5.97 Å². The third-order valence-electron chi connectivity index (χ3n) is 2.69. The van der Waals surface area contributed by atoms with E-state index in [1.807, 2.05) is 6.92 Å². The lowest BCUT2D eigenvalue weighted by molar-refractivity contribution is -0.143. The Morgan fingerprint density at radius 3 is 2.88 bits per heavy atom. The minimum absolute atomic E-state index is 0.103. The number of aryl methyl sites for hydroxylation is 1. The van der Waals surface area contributed by atoms with Gasteiger partial charge in [-0.1, -0.05) is 6.42 Å². The van der Waals surface area contributed by atoms with Gasteiger partial charge in [0, 0.05) is 17.3 Å². The number of rotatable bonds is 7. The Morgan fingerprint density at radius 1 is 1.53 bits per heavy atom. The highest BCUT2D eigenvalue weighted by Gasteiger charge is 2.10. The second kappa shape index (κ2) is 7.45. The van der Waals surface area contributed by atoms with E-state index in [9.17, 15) is 4.79 Å². The fourth-order valence-electron chi connectivity index (χ4n) is 1.76. The lowest BCUT2D eigenvalue weighted by Gasteiger charge is -2.10. The minimum atomic E-state index is -0.103. The zero-order chi connectivity index (χ0) is 12.7. The molecule has 1 unspecified atom stereocenters. The number of hydrogen-bond acceptors (Lipinski definition) is 4. The third kappa shape index (κ3) is 4.88. The predicted octanol–water partition coefficient (Wildman–Crippen LogP) is 3.18. The maximum Gasteiger partial charge on any atom is 0.305 e. The van der Waals surface area contributed by atoms with Gasteiger partial charge in [0.15, 0.2) is 0 Å². The number of esters is 1. The van der Waals surface area contributed by atoms with Crippen molar-refractivity contribution in [1.29, 1.82) is 0 Å². The van der Waals surface area contributed by atoms with Crippen LogP contribution in [0.2, 0.25) is 0 Å². The topological polar surface area (TPSA) is 52.3 Å². The van der Waals surface area contributed by atoms with Crippen LogP contribution in [0.1, 0.15) is 49.1 Å². The first kappa shape index (κ1) is 14.2. The molecule has 0 amide bonds. The van der Waals surface area contributed by atoms with E-state index in [1.54, 1.807) is 11.3 Å². The van der Waals surface area contributed by atoms with Crippen molar-refractivity contribution in [2.45, 2.75) is 45.6 Å². The van der Waals surface area contributed by atoms with E-state index in [0.717, 1.165) is 19.3 Å². The van der Waals surface area contributed by atoms with Crippen LogP contribution < -0.4 is 5.73 Å². The summed E-state index contributed by atoms with van der Waals surface area (Å²) in [5.74, 6) is -0.103. The molecule has 0 bridgehead atoms. The molecule has 0 spiro atoms. The molecule has 0 aromatic carbocycles. The summed E-state index contributed by atoms with van der Waals surface area (Å²) < 4.78 is 4.87. The van der Waals surface area contributed by atoms with E-state index in [0.29, 0.717) is 13.0 Å². The fraction of sp³-hybridized carbons (Fsp3) is 0.615. The Kier molecular flexibility index (Phi) is 6.22. The van der Waals surface area contributed by atoms with Crippen molar-refractivity contribution < 1.29 is 9.53 Å². The van der Waals surface area contributed by atoms with E-state index in [1.165, 1.54) is 10.4 Å². The molecule has 1 aromatic heterocycles. The first-order valence-corrected chi connectivity index (χ1v) is 6.98. The maximum atomic E-state index is 11.1. The minimum Gasteiger partial charge on any atom is -0.466 e. The van der Waals surface area contributed by atoms with Gasteiger partial charge in [0.1, 0.15) is 0 Å². The van der Waals surface area contributed by atoms with E-state index in [4.69, 9.17) is 10.5 Å². The molecule has 0 aliphatic carbocycles. The van der Waals surface area contributed by atoms with Crippen molar-refractivity contribution in [2.24, 2.45) is 5.73 Å². The lowest BCUT2D eigenvalue weighted by atomic mass is 10.1. The molecule has 0 aliphatic rings. The molecule has 0 radical (unpaired) electrons. The van der Waals surface area contributed by atoms with Crippen LogP contribution in [0.3, 0.4) is 0 Å². The molecule has 0 fully saturated rings. The molecular formula is C13H21NO2S. The van der Waals surface area contributed by atoms with Crippen molar-refractivity contribution in [1.82, 2.24) is 0 Å². The van der Waals surface area contributed by atoms with Gasteiger partial charge in [-0.15, -0.1) is 11.3 Å². The van der Waals surface area contributed by atoms with Crippen LogP contribution in [0.15, 0.2) is 11.4 Å². The zero-order valence-corrected chi connectivity index (χ0v) is 11.4. The number of thiophene rings is 1. The van der Waals surface area contributed by atoms with E-state index >= 15 is 0 Å². The monoisotopic (exact) mass is 255 g/mol. The van der Waals surface area contributed by atoms with Crippen LogP contribution >= 0.6 is 11.3 Å². The van der Waals surface area contributed by atoms with Crippen molar-refractivity contribution in [2.75, 3.05) is 6.61 Å². The van der Waals surface area contributed by atoms with Crippen molar-refractivity contribution >= 4 is 17.3 Å². The van der Waals surface area contributed by atoms with Gasteiger partial charge < -0.3 is 10.5 Å². The molecule has 4 heteroatoms. The molecule has 1 heterocycles. The summed E-state index contributed by atoms with van der Waals surface area (Å²) in [7, 11) is 0. The number of nitrogens with two attached hydrogens (primary N) is 1. The molecular weight excluding hydrogens is 234 g/mol. The Hall–Kier alpha value is -0.870. The summed E-state index contributed by atoms with van der Waals surface area (Å²) >= 11 is 1.71. The highest BCUT2D eigenvalue weighted by atomic mass is 32.1. The van der Waals surface area contributed by atoms with E-state index in [2.05, 4.69) is 18.4 Å². The molecule has 1 rings (SSSR count). The first-order chi connectivity index (χ1) is 8.15. The molecule has 17 heavy (non-hydrogen) atoms. The van der Waals surface area contributed by atoms with Gasteiger partial charge in [0.25, 0.3) is 0 Å². The van der Waals surface area contributed by atoms with Crippen LogP contribution in [0.5, 0.6) is 0 Å². The largest absolute Gasteiger partial charge is 0.466 e. The molecule has 1 atom stereocenters. The first-order valence-electron chi connectivity index (χ1n) is 6.10. The average Bonchev–Trinajstić information content (AvgIpc) is 2.71. The second-order valence-electron chi connectivity index (χ2n) is 4.13. The second-order valence-corrected chi connectivity index (χ2v) is 5.07. The maximum absolute atomic E-state index is 11.1. The lowest BCUT2D eigenvalue weighted by Crippen LogP contribution is -2.10. The van der Waals surface area contributed by atoms with Gasteiger partial charge in [-0.3, -0.25) is 4.79 Å². The number of carbonyl (C=O) groups excluding carboxylic acids is 1. The van der Waals surface area contributed by atoms with Crippen molar-refractivity contribution in [3.8, 4) is 0 Å². The molecule has 1 aromatic rings. The number of carbonyl (C=O) groups is 1. The fourth-order valence-corrected chi connectivity index (χ4v) is 2.73. The van der Waals surface area contributed by atoms with Gasteiger partial charge in [-0.2, -0.15) is 0 Å². The summed E-state index contributed by atoms with van der Waals surface area (Å²) in [6.45, 7) is 4.38. The molecule has 0 saturated heterocycles. The zero-order valence-electron chi connectivity index (χ0n) is 10.6. The van der Waals surface area contributed by atoms with Crippen LogP contribution in [-0.4, -0.2) is 12.6 Å².